The Morgan fingerprint density at radius 3 is 2.58 bits per heavy atom. The first kappa shape index (κ1) is 29.1. The summed E-state index contributed by atoms with van der Waals surface area (Å²) in [6.07, 6.45) is -0.445. The third-order valence-electron chi connectivity index (χ3n) is 7.57. The largest absolute Gasteiger partial charge is 0.496 e. The van der Waals surface area contributed by atoms with Gasteiger partial charge in [0.25, 0.3) is 0 Å². The van der Waals surface area contributed by atoms with Crippen molar-refractivity contribution in [1.29, 1.82) is 5.41 Å². The normalized spacial score (nSPS) is 20.7. The van der Waals surface area contributed by atoms with E-state index in [2.05, 4.69) is 15.6 Å². The smallest absolute Gasteiger partial charge is 0.416 e. The van der Waals surface area contributed by atoms with Crippen molar-refractivity contribution in [2.24, 2.45) is 17.8 Å². The van der Waals surface area contributed by atoms with Gasteiger partial charge in [-0.25, -0.2) is 4.79 Å². The van der Waals surface area contributed by atoms with Crippen LogP contribution in [-0.4, -0.2) is 71.3 Å². The van der Waals surface area contributed by atoms with Crippen LogP contribution in [0.5, 0.6) is 5.75 Å². The summed E-state index contributed by atoms with van der Waals surface area (Å²) in [5.41, 5.74) is 1.15. The zero-order chi connectivity index (χ0) is 29.1. The van der Waals surface area contributed by atoms with Crippen LogP contribution in [0.3, 0.4) is 0 Å². The molecule has 0 saturated carbocycles. The number of amidine groups is 1. The summed E-state index contributed by atoms with van der Waals surface area (Å²) in [7, 11) is 1.57. The Morgan fingerprint density at radius 2 is 1.98 bits per heavy atom. The Hall–Kier alpha value is -3.89. The van der Waals surface area contributed by atoms with Crippen molar-refractivity contribution in [3.8, 4) is 5.75 Å². The Morgan fingerprint density at radius 1 is 1.23 bits per heavy atom. The summed E-state index contributed by atoms with van der Waals surface area (Å²) in [6.45, 7) is 8.05. The van der Waals surface area contributed by atoms with Gasteiger partial charge in [-0.15, -0.1) is 0 Å². The monoisotopic (exact) mass is 553 g/mol. The van der Waals surface area contributed by atoms with Gasteiger partial charge in [0.2, 0.25) is 11.8 Å². The summed E-state index contributed by atoms with van der Waals surface area (Å²) >= 11 is 0. The number of fused-ring (bicyclic) bond motifs is 1. The van der Waals surface area contributed by atoms with E-state index in [0.29, 0.717) is 30.8 Å². The predicted molar refractivity (Wildman–Crippen MR) is 149 cm³/mol. The molecule has 4 N–H and O–H groups in total. The lowest BCUT2D eigenvalue weighted by Gasteiger charge is -2.28. The molecule has 0 bridgehead atoms. The summed E-state index contributed by atoms with van der Waals surface area (Å²) in [4.78, 5) is 56.4. The lowest BCUT2D eigenvalue weighted by Crippen LogP contribution is -2.51. The van der Waals surface area contributed by atoms with Crippen molar-refractivity contribution in [2.75, 3.05) is 13.7 Å². The molecule has 11 heteroatoms. The minimum Gasteiger partial charge on any atom is -0.496 e. The number of Topliss-reactive ketones (excluding diaryl/α,β-unsaturated/α-hetero) is 1. The van der Waals surface area contributed by atoms with Crippen molar-refractivity contribution in [2.45, 2.75) is 71.6 Å². The number of aromatic nitrogens is 1. The number of rotatable bonds is 12. The molecule has 3 heterocycles. The molecule has 4 rings (SSSR count). The molecule has 2 fully saturated rings. The van der Waals surface area contributed by atoms with Crippen LogP contribution in [0.25, 0.3) is 10.9 Å². The molecular weight excluding hydrogens is 514 g/mol. The Balaban J connectivity index is 1.55. The maximum Gasteiger partial charge on any atom is 0.416 e. The summed E-state index contributed by atoms with van der Waals surface area (Å²) in [6, 6.07) is 6.16. The van der Waals surface area contributed by atoms with Gasteiger partial charge in [0.05, 0.1) is 18.8 Å². The average molecular weight is 554 g/mol. The molecule has 2 saturated heterocycles. The van der Waals surface area contributed by atoms with Gasteiger partial charge in [-0.05, 0) is 57.2 Å². The first-order valence-electron chi connectivity index (χ1n) is 13.8. The quantitative estimate of drug-likeness (QED) is 0.294. The number of aromatic amines is 1. The van der Waals surface area contributed by atoms with Gasteiger partial charge < -0.3 is 25.1 Å². The number of nitrogens with one attached hydrogen (secondary N) is 4. The molecule has 4 unspecified atom stereocenters. The lowest BCUT2D eigenvalue weighted by atomic mass is 9.89. The molecule has 2 aliphatic heterocycles. The van der Waals surface area contributed by atoms with E-state index in [0.717, 1.165) is 10.9 Å². The van der Waals surface area contributed by atoms with Gasteiger partial charge in [-0.2, -0.15) is 0 Å². The number of amides is 3. The fraction of sp³-hybridized carbons (Fsp3) is 0.552. The maximum atomic E-state index is 13.7. The van der Waals surface area contributed by atoms with Crippen LogP contribution in [0, 0.1) is 23.2 Å². The molecule has 40 heavy (non-hydrogen) atoms. The molecule has 11 nitrogen and oxygen atoms in total. The van der Waals surface area contributed by atoms with E-state index in [-0.39, 0.29) is 54.2 Å². The third-order valence-corrected chi connectivity index (χ3v) is 7.57. The van der Waals surface area contributed by atoms with E-state index in [1.54, 1.807) is 27.0 Å². The first-order valence-corrected chi connectivity index (χ1v) is 13.8. The van der Waals surface area contributed by atoms with Crippen LogP contribution in [0.4, 0.5) is 4.79 Å². The van der Waals surface area contributed by atoms with Gasteiger partial charge in [0, 0.05) is 41.7 Å². The van der Waals surface area contributed by atoms with Crippen molar-refractivity contribution >= 4 is 40.4 Å². The van der Waals surface area contributed by atoms with Gasteiger partial charge in [0.15, 0.2) is 11.9 Å². The Labute approximate surface area is 233 Å². The Kier molecular flexibility index (Phi) is 8.80. The van der Waals surface area contributed by atoms with Crippen LogP contribution < -0.4 is 15.4 Å². The number of benzene rings is 1. The van der Waals surface area contributed by atoms with Crippen LogP contribution in [0.2, 0.25) is 0 Å². The number of nitrogens with zero attached hydrogens (tertiary/aromatic N) is 1. The van der Waals surface area contributed by atoms with Crippen molar-refractivity contribution in [3.05, 3.63) is 30.0 Å². The highest BCUT2D eigenvalue weighted by atomic mass is 16.6. The van der Waals surface area contributed by atoms with Gasteiger partial charge in [0.1, 0.15) is 11.6 Å². The molecule has 0 spiro atoms. The number of methoxy groups -OCH3 is 1. The zero-order valence-corrected chi connectivity index (χ0v) is 23.7. The van der Waals surface area contributed by atoms with Gasteiger partial charge >= 0.3 is 6.09 Å². The minimum atomic E-state index is -1.02. The molecule has 2 aromatic rings. The van der Waals surface area contributed by atoms with E-state index in [9.17, 15) is 19.2 Å². The van der Waals surface area contributed by atoms with Crippen LogP contribution >= 0.6 is 0 Å². The van der Waals surface area contributed by atoms with E-state index in [1.165, 1.54) is 4.90 Å². The maximum absolute atomic E-state index is 13.7. The highest BCUT2D eigenvalue weighted by Crippen LogP contribution is 2.29. The fourth-order valence-corrected chi connectivity index (χ4v) is 5.60. The van der Waals surface area contributed by atoms with Gasteiger partial charge in [-0.3, -0.25) is 24.7 Å². The molecule has 1 aromatic carbocycles. The molecular formula is C29H39N5O6. The highest BCUT2D eigenvalue weighted by Gasteiger charge is 2.45. The van der Waals surface area contributed by atoms with Gasteiger partial charge in [-0.1, -0.05) is 19.9 Å². The lowest BCUT2D eigenvalue weighted by molar-refractivity contribution is -0.128. The third kappa shape index (κ3) is 6.13. The molecule has 4 atom stereocenters. The number of carbonyl (C=O) groups is 4. The van der Waals surface area contributed by atoms with Crippen molar-refractivity contribution < 1.29 is 28.7 Å². The number of hydrogen-bond acceptors (Lipinski definition) is 7. The minimum absolute atomic E-state index is 0.0319. The van der Waals surface area contributed by atoms with Crippen LogP contribution in [0.1, 0.15) is 63.9 Å². The summed E-state index contributed by atoms with van der Waals surface area (Å²) in [5, 5.41) is 15.2. The van der Waals surface area contributed by atoms with E-state index < -0.39 is 24.2 Å². The molecule has 0 radical (unpaired) electrons. The van der Waals surface area contributed by atoms with Crippen molar-refractivity contribution in [1.82, 2.24) is 20.5 Å². The van der Waals surface area contributed by atoms with E-state index in [1.807, 2.05) is 32.0 Å². The Bertz CT molecular complexity index is 1300. The number of carbonyl (C=O) groups excluding carboxylic acids is 4. The van der Waals surface area contributed by atoms with Crippen molar-refractivity contribution in [3.63, 3.8) is 0 Å². The fourth-order valence-electron chi connectivity index (χ4n) is 5.60. The number of H-pyrrole nitrogens is 1. The number of ketones is 1. The standard InChI is InChI=1S/C29H39N5O6/c1-15(2)11-18(13-23(35)21-14-19-20(32-21)7-6-8-24(19)39-5)28(37)33-22(12-17-9-10-31-27(17)36)25-26(30)34(16(3)4)29(38)40-25/h6-8,14-18,22,25,30,32H,9-13H2,1-5H3,(H,31,36)(H,33,37). The number of hydrogen-bond donors (Lipinski definition) is 4. The molecule has 0 aliphatic carbocycles. The summed E-state index contributed by atoms with van der Waals surface area (Å²) < 4.78 is 11.0. The molecule has 216 valence electrons. The van der Waals surface area contributed by atoms with Crippen LogP contribution in [-0.2, 0) is 14.3 Å². The number of ether oxygens (including phenoxy) is 2. The average Bonchev–Trinajstić information content (AvgIpc) is 3.59. The van der Waals surface area contributed by atoms with E-state index >= 15 is 0 Å². The topological polar surface area (TPSA) is 154 Å². The summed E-state index contributed by atoms with van der Waals surface area (Å²) in [5.74, 6) is -1.02. The predicted octanol–water partition coefficient (Wildman–Crippen LogP) is 3.63. The zero-order valence-electron chi connectivity index (χ0n) is 23.7. The second kappa shape index (κ2) is 12.1. The molecule has 3 amide bonds. The second-order valence-corrected chi connectivity index (χ2v) is 11.3. The molecule has 2 aliphatic rings. The highest BCUT2D eigenvalue weighted by molar-refractivity contribution is 6.04. The van der Waals surface area contributed by atoms with Crippen LogP contribution in [0.15, 0.2) is 24.3 Å². The first-order chi connectivity index (χ1) is 19.0. The SMILES string of the molecule is COc1cccc2[nH]c(C(=O)CC(CC(C)C)C(=O)NC(CC3CCNC3=O)C3OC(=O)N(C(C)C)C3=N)cc12. The van der Waals surface area contributed by atoms with E-state index in [4.69, 9.17) is 14.9 Å². The molecule has 1 aromatic heterocycles. The second-order valence-electron chi connectivity index (χ2n) is 11.3. The number of cyclic esters (lactones) is 1.